The molecule has 1 aliphatic rings. The number of anilines is 2. The Kier molecular flexibility index (Phi) is 6.30. The van der Waals surface area contributed by atoms with Crippen LogP contribution >= 0.6 is 0 Å². The highest BCUT2D eigenvalue weighted by molar-refractivity contribution is 5.73. The quantitative estimate of drug-likeness (QED) is 0.565. The third-order valence-electron chi connectivity index (χ3n) is 5.34. The van der Waals surface area contributed by atoms with Gasteiger partial charge in [0.1, 0.15) is 24.0 Å². The van der Waals surface area contributed by atoms with Crippen molar-refractivity contribution < 1.29 is 22.4 Å². The van der Waals surface area contributed by atoms with E-state index in [1.54, 1.807) is 23.1 Å². The highest BCUT2D eigenvalue weighted by Crippen LogP contribution is 2.29. The molecule has 0 saturated carbocycles. The van der Waals surface area contributed by atoms with Gasteiger partial charge in [0.15, 0.2) is 0 Å². The molecule has 11 heteroatoms. The molecule has 1 amide bonds. The average molecular weight is 462 g/mol. The molecule has 1 N–H and O–H groups in total. The second-order valence-corrected chi connectivity index (χ2v) is 7.98. The number of carbonyl (C=O) groups excluding carboxylic acids is 1. The van der Waals surface area contributed by atoms with Crippen molar-refractivity contribution in [3.63, 3.8) is 0 Å². The summed E-state index contributed by atoms with van der Waals surface area (Å²) in [6.07, 6.45) is -0.267. The van der Waals surface area contributed by atoms with Crippen molar-refractivity contribution in [3.05, 3.63) is 54.4 Å². The van der Waals surface area contributed by atoms with E-state index in [0.29, 0.717) is 41.7 Å². The number of aromatic nitrogens is 4. The minimum absolute atomic E-state index is 0.0395. The Morgan fingerprint density at radius 3 is 2.79 bits per heavy atom. The minimum Gasteiger partial charge on any atom is -0.342 e. The Bertz CT molecular complexity index is 1150. The number of amides is 1. The van der Waals surface area contributed by atoms with E-state index in [9.17, 15) is 22.4 Å². The lowest BCUT2D eigenvalue weighted by Crippen LogP contribution is -2.38. The first-order valence-corrected chi connectivity index (χ1v) is 10.4. The fourth-order valence-corrected chi connectivity index (χ4v) is 3.81. The van der Waals surface area contributed by atoms with Crippen LogP contribution in [0.1, 0.15) is 31.5 Å². The number of benzene rings is 1. The Hall–Kier alpha value is -3.50. The number of nitrogens with zero attached hydrogens (tertiary/aromatic N) is 5. The van der Waals surface area contributed by atoms with E-state index < -0.39 is 18.5 Å². The molecule has 1 atom stereocenters. The highest BCUT2D eigenvalue weighted by Gasteiger charge is 2.29. The zero-order valence-corrected chi connectivity index (χ0v) is 17.8. The number of hydrogen-bond acceptors (Lipinski definition) is 5. The topological polar surface area (TPSA) is 75.9 Å². The fraction of sp³-hybridized carbons (Fsp3) is 0.364. The molecule has 174 valence electrons. The van der Waals surface area contributed by atoms with Crippen molar-refractivity contribution in [1.82, 2.24) is 24.6 Å². The van der Waals surface area contributed by atoms with Crippen molar-refractivity contribution in [3.8, 4) is 11.3 Å². The Labute approximate surface area is 187 Å². The molecule has 1 aliphatic heterocycles. The van der Waals surface area contributed by atoms with Crippen LogP contribution in [-0.4, -0.2) is 49.8 Å². The van der Waals surface area contributed by atoms with Crippen LogP contribution in [0.15, 0.2) is 42.7 Å². The molecule has 2 aromatic heterocycles. The third kappa shape index (κ3) is 5.85. The highest BCUT2D eigenvalue weighted by atomic mass is 19.4. The number of nitrogens with one attached hydrogen (secondary N) is 1. The van der Waals surface area contributed by atoms with Crippen LogP contribution < -0.4 is 5.32 Å². The van der Waals surface area contributed by atoms with Gasteiger partial charge in [0, 0.05) is 49.4 Å². The molecule has 1 aromatic carbocycles. The first-order chi connectivity index (χ1) is 15.7. The van der Waals surface area contributed by atoms with Gasteiger partial charge in [-0.05, 0) is 31.0 Å². The van der Waals surface area contributed by atoms with Crippen molar-refractivity contribution in [1.29, 1.82) is 0 Å². The van der Waals surface area contributed by atoms with Crippen molar-refractivity contribution >= 4 is 17.4 Å². The molecule has 1 unspecified atom stereocenters. The summed E-state index contributed by atoms with van der Waals surface area (Å²) in [5.74, 6) is 0.223. The van der Waals surface area contributed by atoms with Crippen LogP contribution in [0.2, 0.25) is 0 Å². The standard InChI is InChI=1S/C22H22F4N6O/c1-14(33)31-7-3-4-15(11-31)21-29-19(16-10-27-32(12-16)13-22(24,25)26)9-20(30-21)28-18-6-2-5-17(23)8-18/h2,5-6,8-10,12,15H,3-4,7,11,13H2,1H3,(H,28,29,30). The van der Waals surface area contributed by atoms with E-state index in [1.807, 2.05) is 0 Å². The lowest BCUT2D eigenvalue weighted by molar-refractivity contribution is -0.142. The van der Waals surface area contributed by atoms with Gasteiger partial charge in [-0.2, -0.15) is 18.3 Å². The van der Waals surface area contributed by atoms with Crippen LogP contribution in [0.25, 0.3) is 11.3 Å². The number of halogens is 4. The predicted octanol–water partition coefficient (Wildman–Crippen LogP) is 4.51. The first kappa shape index (κ1) is 22.7. The zero-order chi connectivity index (χ0) is 23.6. The van der Waals surface area contributed by atoms with E-state index in [4.69, 9.17) is 0 Å². The summed E-state index contributed by atoms with van der Waals surface area (Å²) in [7, 11) is 0. The number of alkyl halides is 3. The lowest BCUT2D eigenvalue weighted by atomic mass is 9.97. The largest absolute Gasteiger partial charge is 0.408 e. The number of carbonyl (C=O) groups is 1. The molecule has 7 nitrogen and oxygen atoms in total. The summed E-state index contributed by atoms with van der Waals surface area (Å²) >= 11 is 0. The molecule has 33 heavy (non-hydrogen) atoms. The van der Waals surface area contributed by atoms with Crippen molar-refractivity contribution in [2.24, 2.45) is 0 Å². The molecular weight excluding hydrogens is 440 g/mol. The summed E-state index contributed by atoms with van der Waals surface area (Å²) in [4.78, 5) is 22.8. The molecule has 0 bridgehead atoms. The Morgan fingerprint density at radius 2 is 2.06 bits per heavy atom. The van der Waals surface area contributed by atoms with Crippen molar-refractivity contribution in [2.45, 2.75) is 38.4 Å². The van der Waals surface area contributed by atoms with Crippen LogP contribution in [0.4, 0.5) is 29.1 Å². The van der Waals surface area contributed by atoms with Gasteiger partial charge < -0.3 is 10.2 Å². The first-order valence-electron chi connectivity index (χ1n) is 10.4. The van der Waals surface area contributed by atoms with Gasteiger partial charge >= 0.3 is 6.18 Å². The number of piperidine rings is 1. The summed E-state index contributed by atoms with van der Waals surface area (Å²) < 4.78 is 52.7. The number of likely N-dealkylation sites (tertiary alicyclic amines) is 1. The smallest absolute Gasteiger partial charge is 0.342 e. The zero-order valence-electron chi connectivity index (χ0n) is 17.8. The van der Waals surface area contributed by atoms with Gasteiger partial charge in [-0.1, -0.05) is 6.07 Å². The van der Waals surface area contributed by atoms with E-state index in [1.165, 1.54) is 31.5 Å². The van der Waals surface area contributed by atoms with Gasteiger partial charge in [-0.15, -0.1) is 0 Å². The van der Waals surface area contributed by atoms with Crippen LogP contribution in [-0.2, 0) is 11.3 Å². The van der Waals surface area contributed by atoms with Gasteiger partial charge in [-0.3, -0.25) is 9.48 Å². The van der Waals surface area contributed by atoms with E-state index >= 15 is 0 Å². The van der Waals surface area contributed by atoms with Crippen molar-refractivity contribution in [2.75, 3.05) is 18.4 Å². The number of hydrogen-bond donors (Lipinski definition) is 1. The van der Waals surface area contributed by atoms with Crippen LogP contribution in [0.5, 0.6) is 0 Å². The molecule has 0 aliphatic carbocycles. The summed E-state index contributed by atoms with van der Waals surface area (Å²) in [6, 6.07) is 7.42. The van der Waals surface area contributed by atoms with Gasteiger partial charge in [0.25, 0.3) is 0 Å². The van der Waals surface area contributed by atoms with Gasteiger partial charge in [0.2, 0.25) is 5.91 Å². The molecule has 0 radical (unpaired) electrons. The Morgan fingerprint density at radius 1 is 1.24 bits per heavy atom. The average Bonchev–Trinajstić information content (AvgIpc) is 3.20. The summed E-state index contributed by atoms with van der Waals surface area (Å²) in [6.45, 7) is 1.40. The normalized spacial score (nSPS) is 16.6. The van der Waals surface area contributed by atoms with Gasteiger partial charge in [-0.25, -0.2) is 14.4 Å². The molecular formula is C22H22F4N6O. The fourth-order valence-electron chi connectivity index (χ4n) is 3.81. The lowest BCUT2D eigenvalue weighted by Gasteiger charge is -2.31. The van der Waals surface area contributed by atoms with Crippen LogP contribution in [0, 0.1) is 5.82 Å². The van der Waals surface area contributed by atoms with E-state index in [0.717, 1.165) is 17.5 Å². The molecule has 4 rings (SSSR count). The molecule has 1 fully saturated rings. The third-order valence-corrected chi connectivity index (χ3v) is 5.34. The van der Waals surface area contributed by atoms with E-state index in [2.05, 4.69) is 20.4 Å². The minimum atomic E-state index is -4.40. The second kappa shape index (κ2) is 9.16. The maximum Gasteiger partial charge on any atom is 0.408 e. The molecule has 0 spiro atoms. The number of rotatable bonds is 5. The monoisotopic (exact) mass is 462 g/mol. The molecule has 3 heterocycles. The summed E-state index contributed by atoms with van der Waals surface area (Å²) in [5, 5.41) is 6.83. The summed E-state index contributed by atoms with van der Waals surface area (Å²) in [5.41, 5.74) is 1.24. The Balaban J connectivity index is 1.69. The van der Waals surface area contributed by atoms with Gasteiger partial charge in [0.05, 0.1) is 11.9 Å². The van der Waals surface area contributed by atoms with E-state index in [-0.39, 0.29) is 11.8 Å². The SMILES string of the molecule is CC(=O)N1CCCC(c2nc(Nc3cccc(F)c3)cc(-c3cnn(CC(F)(F)F)c3)n2)C1. The molecule has 3 aromatic rings. The predicted molar refractivity (Wildman–Crippen MR) is 113 cm³/mol. The maximum absolute atomic E-state index is 13.6. The maximum atomic E-state index is 13.6. The second-order valence-electron chi connectivity index (χ2n) is 7.98. The molecule has 1 saturated heterocycles. The van der Waals surface area contributed by atoms with Crippen LogP contribution in [0.3, 0.4) is 0 Å².